The van der Waals surface area contributed by atoms with Gasteiger partial charge in [-0.3, -0.25) is 9.59 Å². The van der Waals surface area contributed by atoms with E-state index in [4.69, 9.17) is 22.1 Å². The maximum atomic E-state index is 12.4. The van der Waals surface area contributed by atoms with E-state index in [-0.39, 0.29) is 12.5 Å². The van der Waals surface area contributed by atoms with Crippen LogP contribution in [0.3, 0.4) is 0 Å². The van der Waals surface area contributed by atoms with Crippen molar-refractivity contribution >= 4 is 29.1 Å². The molecule has 0 atom stereocenters. The number of primary amides is 1. The molecule has 0 aromatic heterocycles. The van der Waals surface area contributed by atoms with Crippen molar-refractivity contribution in [3.05, 3.63) is 94.5 Å². The number of para-hydroxylation sites is 1. The molecule has 3 N–H and O–H groups in total. The second-order valence-corrected chi connectivity index (χ2v) is 6.19. The summed E-state index contributed by atoms with van der Waals surface area (Å²) < 4.78 is 5.71. The fourth-order valence-corrected chi connectivity index (χ4v) is 2.76. The number of carbonyl (C=O) groups excluding carboxylic acids is 2. The van der Waals surface area contributed by atoms with Crippen molar-refractivity contribution in [1.82, 2.24) is 0 Å². The number of rotatable bonds is 6. The summed E-state index contributed by atoms with van der Waals surface area (Å²) >= 11 is 6.06. The fraction of sp³-hybridized carbons (Fsp3) is 0.0476. The minimum Gasteiger partial charge on any atom is -0.488 e. The molecule has 0 radical (unpaired) electrons. The van der Waals surface area contributed by atoms with Gasteiger partial charge in [-0.1, -0.05) is 48.0 Å². The Labute approximate surface area is 161 Å². The number of halogens is 1. The Morgan fingerprint density at radius 1 is 0.926 bits per heavy atom. The first-order valence-corrected chi connectivity index (χ1v) is 8.59. The van der Waals surface area contributed by atoms with E-state index in [2.05, 4.69) is 5.32 Å². The molecule has 0 fully saturated rings. The average Bonchev–Trinajstić information content (AvgIpc) is 2.67. The summed E-state index contributed by atoms with van der Waals surface area (Å²) in [5.41, 5.74) is 7.51. The summed E-state index contributed by atoms with van der Waals surface area (Å²) in [6.07, 6.45) is 0. The monoisotopic (exact) mass is 380 g/mol. The highest BCUT2D eigenvalue weighted by Gasteiger charge is 2.11. The van der Waals surface area contributed by atoms with E-state index in [1.54, 1.807) is 66.7 Å². The van der Waals surface area contributed by atoms with E-state index in [0.717, 1.165) is 5.56 Å². The summed E-state index contributed by atoms with van der Waals surface area (Å²) in [5.74, 6) is -0.431. The molecular formula is C21H17ClN2O3. The van der Waals surface area contributed by atoms with Crippen molar-refractivity contribution in [2.24, 2.45) is 5.73 Å². The van der Waals surface area contributed by atoms with Crippen LogP contribution in [0.25, 0.3) is 0 Å². The predicted octanol–water partition coefficient (Wildman–Crippen LogP) is 4.27. The van der Waals surface area contributed by atoms with Gasteiger partial charge in [0.05, 0.1) is 16.1 Å². The lowest BCUT2D eigenvalue weighted by molar-refractivity contribution is 0.0993. The second-order valence-electron chi connectivity index (χ2n) is 5.78. The van der Waals surface area contributed by atoms with E-state index in [0.29, 0.717) is 27.6 Å². The molecule has 3 aromatic rings. The van der Waals surface area contributed by atoms with E-state index >= 15 is 0 Å². The molecule has 0 spiro atoms. The van der Waals surface area contributed by atoms with Crippen LogP contribution >= 0.6 is 11.6 Å². The van der Waals surface area contributed by atoms with Crippen molar-refractivity contribution < 1.29 is 14.3 Å². The molecular weight excluding hydrogens is 364 g/mol. The lowest BCUT2D eigenvalue weighted by atomic mass is 10.1. The number of benzene rings is 3. The zero-order valence-corrected chi connectivity index (χ0v) is 15.1. The van der Waals surface area contributed by atoms with E-state index in [9.17, 15) is 9.59 Å². The van der Waals surface area contributed by atoms with Gasteiger partial charge in [-0.25, -0.2) is 0 Å². The fourth-order valence-electron chi connectivity index (χ4n) is 2.54. The maximum absolute atomic E-state index is 12.4. The van der Waals surface area contributed by atoms with Crippen LogP contribution in [0, 0.1) is 0 Å². The van der Waals surface area contributed by atoms with Crippen LogP contribution in [0.15, 0.2) is 72.8 Å². The minimum atomic E-state index is -0.550. The molecule has 0 saturated heterocycles. The lowest BCUT2D eigenvalue weighted by Crippen LogP contribution is -2.13. The Morgan fingerprint density at radius 2 is 1.63 bits per heavy atom. The highest BCUT2D eigenvalue weighted by Crippen LogP contribution is 2.21. The van der Waals surface area contributed by atoms with Crippen LogP contribution in [0.2, 0.25) is 5.02 Å². The van der Waals surface area contributed by atoms with Gasteiger partial charge in [0.15, 0.2) is 0 Å². The standard InChI is InChI=1S/C21H17ClN2O3/c22-18-10-3-1-8-16(18)21(26)24-15-7-5-6-14(12-15)13-27-19-11-4-2-9-17(19)20(23)25/h1-12H,13H2,(H2,23,25)(H,24,26). The van der Waals surface area contributed by atoms with Crippen LogP contribution < -0.4 is 15.8 Å². The molecule has 3 aromatic carbocycles. The van der Waals surface area contributed by atoms with Gasteiger partial charge in [0.2, 0.25) is 0 Å². The number of hydrogen-bond donors (Lipinski definition) is 2. The number of nitrogens with one attached hydrogen (secondary N) is 1. The molecule has 136 valence electrons. The highest BCUT2D eigenvalue weighted by molar-refractivity contribution is 6.34. The summed E-state index contributed by atoms with van der Waals surface area (Å²) in [4.78, 5) is 23.8. The zero-order chi connectivity index (χ0) is 19.2. The summed E-state index contributed by atoms with van der Waals surface area (Å²) in [5, 5.41) is 3.20. The van der Waals surface area contributed by atoms with Gasteiger partial charge in [0.1, 0.15) is 12.4 Å². The Balaban J connectivity index is 1.70. The van der Waals surface area contributed by atoms with Crippen molar-refractivity contribution in [2.45, 2.75) is 6.61 Å². The van der Waals surface area contributed by atoms with Crippen molar-refractivity contribution in [2.75, 3.05) is 5.32 Å². The van der Waals surface area contributed by atoms with Crippen LogP contribution in [-0.2, 0) is 6.61 Å². The molecule has 0 heterocycles. The Kier molecular flexibility index (Phi) is 5.74. The molecule has 5 nitrogen and oxygen atoms in total. The predicted molar refractivity (Wildman–Crippen MR) is 105 cm³/mol. The first-order valence-electron chi connectivity index (χ1n) is 8.21. The summed E-state index contributed by atoms with van der Waals surface area (Å²) in [6.45, 7) is 0.222. The van der Waals surface area contributed by atoms with Crippen LogP contribution in [0.4, 0.5) is 5.69 Å². The molecule has 0 aliphatic carbocycles. The first kappa shape index (κ1) is 18.5. The van der Waals surface area contributed by atoms with Gasteiger partial charge in [-0.15, -0.1) is 0 Å². The van der Waals surface area contributed by atoms with E-state index < -0.39 is 5.91 Å². The Hall–Kier alpha value is -3.31. The molecule has 0 unspecified atom stereocenters. The second kappa shape index (κ2) is 8.38. The third kappa shape index (κ3) is 4.65. The quantitative estimate of drug-likeness (QED) is 0.670. The number of ether oxygens (including phenoxy) is 1. The lowest BCUT2D eigenvalue weighted by Gasteiger charge is -2.11. The molecule has 3 rings (SSSR count). The molecule has 27 heavy (non-hydrogen) atoms. The van der Waals surface area contributed by atoms with Gasteiger partial charge >= 0.3 is 0 Å². The number of anilines is 1. The number of amides is 2. The van der Waals surface area contributed by atoms with Gasteiger partial charge in [-0.2, -0.15) is 0 Å². The van der Waals surface area contributed by atoms with Crippen molar-refractivity contribution in [3.63, 3.8) is 0 Å². The number of carbonyl (C=O) groups is 2. The molecule has 0 saturated carbocycles. The molecule has 0 aliphatic heterocycles. The molecule has 6 heteroatoms. The van der Waals surface area contributed by atoms with Crippen LogP contribution in [-0.4, -0.2) is 11.8 Å². The number of nitrogens with two attached hydrogens (primary N) is 1. The Bertz CT molecular complexity index is 988. The smallest absolute Gasteiger partial charge is 0.257 e. The van der Waals surface area contributed by atoms with Crippen molar-refractivity contribution in [1.29, 1.82) is 0 Å². The van der Waals surface area contributed by atoms with Crippen LogP contribution in [0.1, 0.15) is 26.3 Å². The number of hydrogen-bond acceptors (Lipinski definition) is 3. The van der Waals surface area contributed by atoms with Gasteiger partial charge in [0, 0.05) is 5.69 Å². The Morgan fingerprint density at radius 3 is 2.37 bits per heavy atom. The third-order valence-electron chi connectivity index (χ3n) is 3.85. The first-order chi connectivity index (χ1) is 13.0. The van der Waals surface area contributed by atoms with Crippen molar-refractivity contribution in [3.8, 4) is 5.75 Å². The maximum Gasteiger partial charge on any atom is 0.257 e. The van der Waals surface area contributed by atoms with Gasteiger partial charge in [-0.05, 0) is 42.0 Å². The van der Waals surface area contributed by atoms with Gasteiger partial charge in [0.25, 0.3) is 11.8 Å². The van der Waals surface area contributed by atoms with E-state index in [1.165, 1.54) is 0 Å². The average molecular weight is 381 g/mol. The summed E-state index contributed by atoms with van der Waals surface area (Å²) in [6, 6.07) is 20.8. The normalized spacial score (nSPS) is 10.3. The largest absolute Gasteiger partial charge is 0.488 e. The van der Waals surface area contributed by atoms with Gasteiger partial charge < -0.3 is 15.8 Å². The highest BCUT2D eigenvalue weighted by atomic mass is 35.5. The molecule has 2 amide bonds. The molecule has 0 bridgehead atoms. The topological polar surface area (TPSA) is 81.4 Å². The molecule has 0 aliphatic rings. The third-order valence-corrected chi connectivity index (χ3v) is 4.18. The SMILES string of the molecule is NC(=O)c1ccccc1OCc1cccc(NC(=O)c2ccccc2Cl)c1. The van der Waals surface area contributed by atoms with Crippen LogP contribution in [0.5, 0.6) is 5.75 Å². The van der Waals surface area contributed by atoms with E-state index in [1.807, 2.05) is 6.07 Å². The minimum absolute atomic E-state index is 0.222. The zero-order valence-electron chi connectivity index (χ0n) is 14.3. The summed E-state index contributed by atoms with van der Waals surface area (Å²) in [7, 11) is 0.